The summed E-state index contributed by atoms with van der Waals surface area (Å²) >= 11 is 0. The Balaban J connectivity index is 5.33. The molecule has 0 atom stereocenters. The maximum absolute atomic E-state index is 12.3. The van der Waals surface area contributed by atoms with Gasteiger partial charge in [0, 0.05) is 0 Å². The summed E-state index contributed by atoms with van der Waals surface area (Å²) in [6.45, 7) is 0. The number of hydrogen-bond acceptors (Lipinski definition) is 0. The predicted molar refractivity (Wildman–Crippen MR) is 30.8 cm³/mol. The molecule has 0 aromatic heterocycles. The second-order valence-electron chi connectivity index (χ2n) is 2.59. The Hall–Kier alpha value is -0.960. The molecule has 10 heteroatoms. The number of rotatable bonds is 1. The Morgan fingerprint density at radius 2 is 1.06 bits per heavy atom. The summed E-state index contributed by atoms with van der Waals surface area (Å²) in [6.07, 6.45) is -19.6. The topological polar surface area (TPSA) is 0 Å². The summed E-state index contributed by atoms with van der Waals surface area (Å²) in [5, 5.41) is 0. The Kier molecular flexibility index (Phi) is 3.88. The number of allylic oxidation sites excluding steroid dienone is 2. The van der Waals surface area contributed by atoms with E-state index in [1.165, 1.54) is 0 Å². The molecule has 0 unspecified atom stereocenters. The van der Waals surface area contributed by atoms with Crippen LogP contribution in [-0.4, -0.2) is 18.5 Å². The molecule has 0 saturated carbocycles. The van der Waals surface area contributed by atoms with E-state index in [2.05, 4.69) is 0 Å². The lowest BCUT2D eigenvalue weighted by Gasteiger charge is -2.21. The van der Waals surface area contributed by atoms with Gasteiger partial charge in [-0.3, -0.25) is 0 Å². The molecule has 0 fully saturated rings. The highest BCUT2D eigenvalue weighted by molar-refractivity contribution is 5.06. The summed E-state index contributed by atoms with van der Waals surface area (Å²) < 4.78 is 116. The second-order valence-corrected chi connectivity index (χ2v) is 2.59. The molecule has 0 saturated heterocycles. The van der Waals surface area contributed by atoms with Crippen molar-refractivity contribution >= 4 is 0 Å². The van der Waals surface area contributed by atoms with Gasteiger partial charge >= 0.3 is 18.5 Å². The Morgan fingerprint density at radius 3 is 1.25 bits per heavy atom. The molecule has 0 aliphatic rings. The minimum Gasteiger partial charge on any atom is -0.211 e. The second kappa shape index (κ2) is 4.13. The van der Waals surface area contributed by atoms with Crippen LogP contribution in [0.15, 0.2) is 11.9 Å². The van der Waals surface area contributed by atoms with E-state index in [1.54, 1.807) is 0 Å². The van der Waals surface area contributed by atoms with Crippen molar-refractivity contribution in [3.8, 4) is 0 Å². The molecular formula is C6H2F10. The highest BCUT2D eigenvalue weighted by Crippen LogP contribution is 2.44. The first-order valence-corrected chi connectivity index (χ1v) is 3.33. The molecule has 0 aromatic carbocycles. The van der Waals surface area contributed by atoms with E-state index in [9.17, 15) is 43.9 Å². The number of halogens is 10. The molecule has 0 radical (unpaired) electrons. The maximum Gasteiger partial charge on any atom is 0.412 e. The zero-order valence-corrected chi connectivity index (χ0v) is 6.93. The summed E-state index contributed by atoms with van der Waals surface area (Å²) in [6, 6.07) is 0. The van der Waals surface area contributed by atoms with Crippen LogP contribution >= 0.6 is 0 Å². The molecule has 0 aliphatic carbocycles. The van der Waals surface area contributed by atoms with Gasteiger partial charge in [-0.2, -0.15) is 39.5 Å². The quantitative estimate of drug-likeness (QED) is 0.624. The highest BCUT2D eigenvalue weighted by atomic mass is 19.4. The minimum absolute atomic E-state index is 1.67. The van der Waals surface area contributed by atoms with Gasteiger partial charge in [0.15, 0.2) is 0 Å². The fraction of sp³-hybridized carbons (Fsp3) is 0.667. The van der Waals surface area contributed by atoms with Crippen molar-refractivity contribution in [2.75, 3.05) is 0 Å². The van der Waals surface area contributed by atoms with Crippen LogP contribution in [0.3, 0.4) is 0 Å². The number of hydrogen-bond donors (Lipinski definition) is 0. The van der Waals surface area contributed by atoms with Crippen molar-refractivity contribution in [1.82, 2.24) is 0 Å². The van der Waals surface area contributed by atoms with Gasteiger partial charge in [-0.15, -0.1) is 0 Å². The van der Waals surface area contributed by atoms with Crippen molar-refractivity contribution in [2.24, 2.45) is 5.92 Å². The fourth-order valence-electron chi connectivity index (χ4n) is 0.738. The molecule has 96 valence electrons. The van der Waals surface area contributed by atoms with Gasteiger partial charge in [0.1, 0.15) is 5.83 Å². The molecule has 0 aliphatic heterocycles. The van der Waals surface area contributed by atoms with Crippen LogP contribution in [0, 0.1) is 5.92 Å². The molecule has 0 heterocycles. The summed E-state index contributed by atoms with van der Waals surface area (Å²) in [5.74, 6) is -8.10. The van der Waals surface area contributed by atoms with Gasteiger partial charge in [-0.05, 0) is 0 Å². The van der Waals surface area contributed by atoms with Crippen LogP contribution in [-0.2, 0) is 0 Å². The lowest BCUT2D eigenvalue weighted by molar-refractivity contribution is -0.276. The van der Waals surface area contributed by atoms with Crippen molar-refractivity contribution in [2.45, 2.75) is 18.5 Å². The van der Waals surface area contributed by atoms with Crippen LogP contribution in [0.25, 0.3) is 0 Å². The van der Waals surface area contributed by atoms with E-state index < -0.39 is 36.3 Å². The largest absolute Gasteiger partial charge is 0.412 e. The summed E-state index contributed by atoms with van der Waals surface area (Å²) in [7, 11) is 0. The van der Waals surface area contributed by atoms with Crippen molar-refractivity contribution in [1.29, 1.82) is 0 Å². The van der Waals surface area contributed by atoms with Gasteiger partial charge < -0.3 is 0 Å². The Bertz CT molecular complexity index is 249. The standard InChI is InChI=1S/C6H2F10/c7-2(1-4(8,9)10)3(5(11,12)13)6(14,15)16/h1,3H/b2-1-. The minimum atomic E-state index is -6.18. The smallest absolute Gasteiger partial charge is 0.211 e. The van der Waals surface area contributed by atoms with E-state index in [1.807, 2.05) is 0 Å². The summed E-state index contributed by atoms with van der Waals surface area (Å²) in [5.41, 5.74) is 0. The Labute approximate surface area is 81.5 Å². The molecular weight excluding hydrogens is 262 g/mol. The normalized spacial score (nSPS) is 15.8. The third-order valence-corrected chi connectivity index (χ3v) is 1.23. The van der Waals surface area contributed by atoms with Gasteiger partial charge in [0.25, 0.3) is 0 Å². The van der Waals surface area contributed by atoms with E-state index in [0.717, 1.165) is 0 Å². The molecule has 0 nitrogen and oxygen atoms in total. The molecule has 0 rings (SSSR count). The van der Waals surface area contributed by atoms with Crippen LogP contribution in [0.1, 0.15) is 0 Å². The van der Waals surface area contributed by atoms with Crippen LogP contribution < -0.4 is 0 Å². The van der Waals surface area contributed by atoms with E-state index in [-0.39, 0.29) is 0 Å². The number of alkyl halides is 9. The average molecular weight is 264 g/mol. The van der Waals surface area contributed by atoms with Gasteiger partial charge in [0.2, 0.25) is 5.92 Å². The van der Waals surface area contributed by atoms with Crippen LogP contribution in [0.2, 0.25) is 0 Å². The average Bonchev–Trinajstić information content (AvgIpc) is 1.70. The molecule has 0 amide bonds. The van der Waals surface area contributed by atoms with E-state index in [0.29, 0.717) is 0 Å². The lowest BCUT2D eigenvalue weighted by Crippen LogP contribution is -2.37. The van der Waals surface area contributed by atoms with Crippen LogP contribution in [0.4, 0.5) is 43.9 Å². The van der Waals surface area contributed by atoms with Crippen LogP contribution in [0.5, 0.6) is 0 Å². The highest BCUT2D eigenvalue weighted by Gasteiger charge is 2.59. The molecule has 0 bridgehead atoms. The summed E-state index contributed by atoms with van der Waals surface area (Å²) in [4.78, 5) is 0. The SMILES string of the molecule is F/C(=C\C(F)(F)F)C(C(F)(F)F)C(F)(F)F. The van der Waals surface area contributed by atoms with Gasteiger partial charge in [-0.1, -0.05) is 0 Å². The van der Waals surface area contributed by atoms with Gasteiger partial charge in [-0.25, -0.2) is 4.39 Å². The van der Waals surface area contributed by atoms with E-state index >= 15 is 0 Å². The third-order valence-electron chi connectivity index (χ3n) is 1.23. The zero-order valence-electron chi connectivity index (χ0n) is 6.93. The Morgan fingerprint density at radius 1 is 0.750 bits per heavy atom. The first-order valence-electron chi connectivity index (χ1n) is 3.33. The fourth-order valence-corrected chi connectivity index (χ4v) is 0.738. The first-order chi connectivity index (χ1) is 6.75. The first kappa shape index (κ1) is 15.0. The molecule has 0 aromatic rings. The molecule has 0 N–H and O–H groups in total. The zero-order chi connectivity index (χ0) is 13.4. The van der Waals surface area contributed by atoms with Crippen molar-refractivity contribution < 1.29 is 43.9 Å². The lowest BCUT2D eigenvalue weighted by atomic mass is 10.1. The molecule has 0 spiro atoms. The van der Waals surface area contributed by atoms with Crippen molar-refractivity contribution in [3.05, 3.63) is 11.9 Å². The van der Waals surface area contributed by atoms with E-state index in [4.69, 9.17) is 0 Å². The maximum atomic E-state index is 12.3. The molecule has 16 heavy (non-hydrogen) atoms. The monoisotopic (exact) mass is 264 g/mol. The third kappa shape index (κ3) is 4.71. The predicted octanol–water partition coefficient (Wildman–Crippen LogP) is 4.14. The van der Waals surface area contributed by atoms with Gasteiger partial charge in [0.05, 0.1) is 6.08 Å². The van der Waals surface area contributed by atoms with Crippen molar-refractivity contribution in [3.63, 3.8) is 0 Å².